The van der Waals surface area contributed by atoms with Crippen LogP contribution >= 0.6 is 0 Å². The lowest BCUT2D eigenvalue weighted by molar-refractivity contribution is -0.129. The number of pyridine rings is 2. The summed E-state index contributed by atoms with van der Waals surface area (Å²) < 4.78 is 20.1. The molecule has 0 radical (unpaired) electrons. The molecule has 0 fully saturated rings. The van der Waals surface area contributed by atoms with E-state index in [4.69, 9.17) is 4.74 Å². The number of aromatic nitrogens is 2. The fraction of sp³-hybridized carbons (Fsp3) is 0.350. The molecule has 31 heavy (non-hydrogen) atoms. The van der Waals surface area contributed by atoms with E-state index in [1.807, 2.05) is 31.1 Å². The lowest BCUT2D eigenvalue weighted by Crippen LogP contribution is -2.46. The third-order valence-electron chi connectivity index (χ3n) is 4.64. The highest BCUT2D eigenvalue weighted by Crippen LogP contribution is 2.33. The van der Waals surface area contributed by atoms with Gasteiger partial charge in [0, 0.05) is 14.1 Å². The highest BCUT2D eigenvalue weighted by atomic mass is 19.1. The molecule has 2 aromatic rings. The summed E-state index contributed by atoms with van der Waals surface area (Å²) in [6.07, 6.45) is 0.236. The second kappa shape index (κ2) is 7.82. The number of carbonyl (C=O) groups excluding carboxylic acids is 1. The summed E-state index contributed by atoms with van der Waals surface area (Å²) in [4.78, 5) is 31.0. The highest BCUT2D eigenvalue weighted by Gasteiger charge is 2.36. The Morgan fingerprint density at radius 3 is 2.74 bits per heavy atom. The number of amidine groups is 1. The van der Waals surface area contributed by atoms with Crippen molar-refractivity contribution in [3.63, 3.8) is 0 Å². The van der Waals surface area contributed by atoms with Gasteiger partial charge in [-0.2, -0.15) is 4.99 Å². The van der Waals surface area contributed by atoms with Gasteiger partial charge in [-0.05, 0) is 38.1 Å². The minimum absolute atomic E-state index is 0.0613. The molecular formula is C20H23FN8O2. The Labute approximate surface area is 178 Å². The van der Waals surface area contributed by atoms with Crippen LogP contribution in [0.25, 0.3) is 0 Å². The van der Waals surface area contributed by atoms with E-state index in [0.717, 1.165) is 5.82 Å². The van der Waals surface area contributed by atoms with Crippen LogP contribution in [0.2, 0.25) is 0 Å². The fourth-order valence-corrected chi connectivity index (χ4v) is 2.90. The molecule has 0 saturated carbocycles. The Morgan fingerprint density at radius 2 is 2.03 bits per heavy atom. The summed E-state index contributed by atoms with van der Waals surface area (Å²) >= 11 is 0. The number of amides is 1. The molecule has 2 aliphatic heterocycles. The number of halogens is 1. The van der Waals surface area contributed by atoms with Crippen LogP contribution in [0.15, 0.2) is 40.4 Å². The Kier molecular flexibility index (Phi) is 5.17. The number of fused-ring (bicyclic) bond motifs is 1. The normalized spacial score (nSPS) is 19.3. The lowest BCUT2D eigenvalue weighted by Gasteiger charge is -2.31. The first-order chi connectivity index (χ1) is 14.7. The molecule has 11 heteroatoms. The van der Waals surface area contributed by atoms with Gasteiger partial charge in [-0.3, -0.25) is 4.79 Å². The maximum absolute atomic E-state index is 14.4. The van der Waals surface area contributed by atoms with Crippen molar-refractivity contribution in [3.8, 4) is 5.75 Å². The zero-order chi connectivity index (χ0) is 22.2. The van der Waals surface area contributed by atoms with Gasteiger partial charge in [0.15, 0.2) is 23.3 Å². The topological polar surface area (TPSA) is 116 Å². The largest absolute Gasteiger partial charge is 0.474 e. The predicted octanol–water partition coefficient (Wildman–Crippen LogP) is 2.28. The molecule has 2 aromatic heterocycles. The number of guanidine groups is 1. The molecule has 0 bridgehead atoms. The van der Waals surface area contributed by atoms with Crippen LogP contribution in [0.5, 0.6) is 5.75 Å². The van der Waals surface area contributed by atoms with Crippen molar-refractivity contribution in [3.05, 3.63) is 30.5 Å². The van der Waals surface area contributed by atoms with Gasteiger partial charge in [0.05, 0.1) is 18.4 Å². The molecule has 0 aliphatic carbocycles. The Balaban J connectivity index is 1.49. The maximum atomic E-state index is 14.4. The van der Waals surface area contributed by atoms with E-state index >= 15 is 0 Å². The summed E-state index contributed by atoms with van der Waals surface area (Å²) in [5, 5.41) is 8.59. The highest BCUT2D eigenvalue weighted by molar-refractivity contribution is 6.10. The van der Waals surface area contributed by atoms with E-state index in [1.54, 1.807) is 32.2 Å². The molecule has 0 saturated heterocycles. The number of hydrogen-bond donors (Lipinski definition) is 3. The average Bonchev–Trinajstić information content (AvgIpc) is 2.72. The van der Waals surface area contributed by atoms with E-state index < -0.39 is 11.8 Å². The van der Waals surface area contributed by atoms with Crippen LogP contribution in [-0.4, -0.2) is 60.1 Å². The molecule has 1 atom stereocenters. The van der Waals surface area contributed by atoms with Crippen molar-refractivity contribution in [2.75, 3.05) is 41.5 Å². The summed E-state index contributed by atoms with van der Waals surface area (Å²) in [6, 6.07) is 6.98. The van der Waals surface area contributed by atoms with Crippen molar-refractivity contribution in [1.29, 1.82) is 0 Å². The summed E-state index contributed by atoms with van der Waals surface area (Å²) in [6.45, 7) is 3.25. The monoisotopic (exact) mass is 426 g/mol. The van der Waals surface area contributed by atoms with E-state index in [0.29, 0.717) is 17.3 Å². The van der Waals surface area contributed by atoms with Gasteiger partial charge < -0.3 is 25.6 Å². The number of anilines is 4. The van der Waals surface area contributed by atoms with Crippen LogP contribution in [0.1, 0.15) is 13.8 Å². The number of nitrogens with zero attached hydrogens (tertiary/aromatic N) is 5. The number of ether oxygens (including phenoxy) is 1. The smallest absolute Gasteiger partial charge is 0.269 e. The zero-order valence-corrected chi connectivity index (χ0v) is 17.6. The van der Waals surface area contributed by atoms with E-state index in [-0.39, 0.29) is 30.1 Å². The summed E-state index contributed by atoms with van der Waals surface area (Å²) in [5.74, 6) is 1.84. The van der Waals surface area contributed by atoms with E-state index in [1.165, 1.54) is 0 Å². The van der Waals surface area contributed by atoms with Crippen LogP contribution in [0.3, 0.4) is 0 Å². The molecule has 10 nitrogen and oxygen atoms in total. The van der Waals surface area contributed by atoms with Gasteiger partial charge in [-0.1, -0.05) is 0 Å². The minimum Gasteiger partial charge on any atom is -0.474 e. The van der Waals surface area contributed by atoms with E-state index in [2.05, 4.69) is 35.9 Å². The predicted molar refractivity (Wildman–Crippen MR) is 118 cm³/mol. The van der Waals surface area contributed by atoms with Gasteiger partial charge in [0.1, 0.15) is 17.5 Å². The first kappa shape index (κ1) is 20.5. The lowest BCUT2D eigenvalue weighted by atomic mass is 10.1. The first-order valence-corrected chi connectivity index (χ1v) is 9.67. The van der Waals surface area contributed by atoms with Crippen LogP contribution in [-0.2, 0) is 4.79 Å². The van der Waals surface area contributed by atoms with Crippen molar-refractivity contribution in [2.45, 2.75) is 25.6 Å². The Bertz CT molecular complexity index is 1070. The van der Waals surface area contributed by atoms with E-state index in [9.17, 15) is 9.18 Å². The molecule has 2 aliphatic rings. The van der Waals surface area contributed by atoms with Crippen LogP contribution in [0, 0.1) is 0 Å². The third-order valence-corrected chi connectivity index (χ3v) is 4.64. The number of alkyl halides is 1. The molecular weight excluding hydrogens is 403 g/mol. The number of aliphatic imine (C=N–C) groups is 2. The second-order valence-electron chi connectivity index (χ2n) is 7.79. The molecule has 4 heterocycles. The number of rotatable bonds is 3. The van der Waals surface area contributed by atoms with Gasteiger partial charge in [0.25, 0.3) is 5.91 Å². The molecule has 1 unspecified atom stereocenters. The molecule has 1 amide bonds. The van der Waals surface area contributed by atoms with Gasteiger partial charge in [-0.25, -0.2) is 19.4 Å². The summed E-state index contributed by atoms with van der Waals surface area (Å²) in [5.41, 5.74) is -0.309. The van der Waals surface area contributed by atoms with Crippen molar-refractivity contribution >= 4 is 40.8 Å². The van der Waals surface area contributed by atoms with Crippen LogP contribution < -0.4 is 25.6 Å². The van der Waals surface area contributed by atoms with Crippen molar-refractivity contribution in [2.24, 2.45) is 9.98 Å². The summed E-state index contributed by atoms with van der Waals surface area (Å²) in [7, 11) is 3.80. The maximum Gasteiger partial charge on any atom is 0.269 e. The number of nitrogens with one attached hydrogen (secondary N) is 3. The zero-order valence-electron chi connectivity index (χ0n) is 17.6. The van der Waals surface area contributed by atoms with Gasteiger partial charge in [0.2, 0.25) is 5.96 Å². The van der Waals surface area contributed by atoms with Crippen molar-refractivity contribution < 1.29 is 13.9 Å². The molecule has 4 rings (SSSR count). The quantitative estimate of drug-likeness (QED) is 0.689. The Hall–Kier alpha value is -3.76. The van der Waals surface area contributed by atoms with Crippen molar-refractivity contribution in [1.82, 2.24) is 9.97 Å². The Morgan fingerprint density at radius 1 is 1.23 bits per heavy atom. The minimum atomic E-state index is -1.41. The molecule has 162 valence electrons. The number of hydrogen-bond acceptors (Lipinski definition) is 9. The van der Waals surface area contributed by atoms with Gasteiger partial charge >= 0.3 is 0 Å². The standard InChI is InChI=1S/C20H23FN8O2/c1-20(2)18(30)27-17-13(31-20)6-7-14(26-17)25-16-12(21)10-23-19(28-16)24-11-5-8-15(22-9-11)29(3)4/h5-9,12H,10H2,1-4H3,(H3,23,24,25,26,27,28,30). The average molecular weight is 426 g/mol. The first-order valence-electron chi connectivity index (χ1n) is 9.67. The second-order valence-corrected chi connectivity index (χ2v) is 7.79. The molecule has 0 aromatic carbocycles. The third kappa shape index (κ3) is 4.39. The van der Waals surface area contributed by atoms with Crippen LogP contribution in [0.4, 0.5) is 27.5 Å². The number of carbonyl (C=O) groups is 1. The fourth-order valence-electron chi connectivity index (χ4n) is 2.90. The molecule has 3 N–H and O–H groups in total. The SMILES string of the molecule is CN(C)c1ccc(NC2=NCC(F)C(Nc3ccc4c(n3)NC(=O)C(C)(C)O4)=N2)cn1. The van der Waals surface area contributed by atoms with Gasteiger partial charge in [-0.15, -0.1) is 0 Å². The molecule has 0 spiro atoms.